The number of carbonyl (C=O) groups is 3. The Kier molecular flexibility index (Phi) is 18.2. The molecule has 0 amide bonds. The first-order valence-electron chi connectivity index (χ1n) is 17.6. The standard InChI is InChI=1S/C16H11Cl3O.C16H11Cl2FO.C16H12Cl2O/c2*1-10-9-11(5-7-13(10)17)16(20)8-6-12-14(18)3-2-4-15(12)19;1-11-10-13(6-8-14(11)17)16(19)9-7-12-4-2-3-5-15(12)18/h2*2-9H,1H3;2-10H,1H3. The number of carbonyl (C=O) groups excluding carboxylic acids is 3. The quantitative estimate of drug-likeness (QED) is 0.107. The fourth-order valence-electron chi connectivity index (χ4n) is 5.12. The van der Waals surface area contributed by atoms with Gasteiger partial charge in [-0.15, -0.1) is 0 Å². The Balaban J connectivity index is 0.000000196. The summed E-state index contributed by atoms with van der Waals surface area (Å²) in [5.74, 6) is -0.890. The number of hydrogen-bond acceptors (Lipinski definition) is 3. The lowest BCUT2D eigenvalue weighted by molar-refractivity contribution is 0.103. The number of hydrogen-bond donors (Lipinski definition) is 0. The van der Waals surface area contributed by atoms with E-state index in [0.29, 0.717) is 52.4 Å². The van der Waals surface area contributed by atoms with Crippen molar-refractivity contribution in [3.05, 3.63) is 225 Å². The van der Waals surface area contributed by atoms with Crippen molar-refractivity contribution < 1.29 is 18.8 Å². The van der Waals surface area contributed by atoms with Crippen molar-refractivity contribution in [3.63, 3.8) is 0 Å². The molecule has 0 bridgehead atoms. The van der Waals surface area contributed by atoms with Crippen LogP contribution in [0, 0.1) is 26.6 Å². The van der Waals surface area contributed by atoms with Crippen LogP contribution in [-0.4, -0.2) is 17.3 Å². The van der Waals surface area contributed by atoms with Crippen LogP contribution >= 0.6 is 81.2 Å². The highest BCUT2D eigenvalue weighted by molar-refractivity contribution is 6.37. The van der Waals surface area contributed by atoms with Crippen molar-refractivity contribution in [1.29, 1.82) is 0 Å². The van der Waals surface area contributed by atoms with E-state index in [1.54, 1.807) is 97.1 Å². The lowest BCUT2D eigenvalue weighted by atomic mass is 10.1. The number of allylic oxidation sites excluding steroid dienone is 3. The lowest BCUT2D eigenvalue weighted by Gasteiger charge is -2.02. The number of aryl methyl sites for hydroxylation is 3. The van der Waals surface area contributed by atoms with E-state index in [2.05, 4.69) is 0 Å². The summed E-state index contributed by atoms with van der Waals surface area (Å²) in [6.07, 6.45) is 8.99. The topological polar surface area (TPSA) is 51.2 Å². The third kappa shape index (κ3) is 14.1. The minimum absolute atomic E-state index is 0.0697. The zero-order valence-corrected chi connectivity index (χ0v) is 37.0. The molecular formula is C48H34Cl7FO3. The van der Waals surface area contributed by atoms with Gasteiger partial charge in [-0.05, 0) is 164 Å². The molecule has 0 aliphatic heterocycles. The van der Waals surface area contributed by atoms with Gasteiger partial charge in [0.15, 0.2) is 17.3 Å². The van der Waals surface area contributed by atoms with Crippen LogP contribution in [0.3, 0.4) is 0 Å². The van der Waals surface area contributed by atoms with Crippen LogP contribution in [-0.2, 0) is 0 Å². The Morgan fingerprint density at radius 1 is 0.407 bits per heavy atom. The molecule has 3 nitrogen and oxygen atoms in total. The SMILES string of the molecule is Cc1cc(C(=O)C=Cc2c(Cl)cccc2Cl)ccc1Cl.Cc1cc(C(=O)C=Cc2c(F)cccc2Cl)ccc1Cl.Cc1cc(C(=O)C=Cc2ccccc2Cl)ccc1Cl. The smallest absolute Gasteiger partial charge is 0.185 e. The average molecular weight is 926 g/mol. The Hall–Kier alpha value is -4.49. The first-order valence-corrected chi connectivity index (χ1v) is 20.3. The van der Waals surface area contributed by atoms with Crippen LogP contribution in [0.25, 0.3) is 18.2 Å². The summed E-state index contributed by atoms with van der Waals surface area (Å²) in [7, 11) is 0. The van der Waals surface area contributed by atoms with Gasteiger partial charge in [-0.25, -0.2) is 4.39 Å². The number of rotatable bonds is 9. The molecule has 0 heterocycles. The van der Waals surface area contributed by atoms with Crippen LogP contribution in [0.15, 0.2) is 133 Å². The van der Waals surface area contributed by atoms with E-state index in [9.17, 15) is 18.8 Å². The Labute approximate surface area is 378 Å². The second kappa shape index (κ2) is 22.8. The Morgan fingerprint density at radius 3 is 1.17 bits per heavy atom. The second-order valence-electron chi connectivity index (χ2n) is 12.8. The molecule has 6 aromatic carbocycles. The molecule has 0 aliphatic rings. The molecule has 0 saturated carbocycles. The summed E-state index contributed by atoms with van der Waals surface area (Å²) in [5.41, 5.74) is 5.91. The molecule has 0 unspecified atom stereocenters. The third-order valence-electron chi connectivity index (χ3n) is 8.45. The van der Waals surface area contributed by atoms with Gasteiger partial charge in [-0.3, -0.25) is 14.4 Å². The maximum atomic E-state index is 13.6. The fourth-order valence-corrected chi connectivity index (χ4v) is 6.42. The Morgan fingerprint density at radius 2 is 0.763 bits per heavy atom. The van der Waals surface area contributed by atoms with Crippen LogP contribution in [0.2, 0.25) is 35.2 Å². The maximum Gasteiger partial charge on any atom is 0.185 e. The van der Waals surface area contributed by atoms with Gasteiger partial charge in [-0.1, -0.05) is 112 Å². The molecule has 0 N–H and O–H groups in total. The zero-order chi connectivity index (χ0) is 43.2. The predicted octanol–water partition coefficient (Wildman–Crippen LogP) is 16.4. The molecule has 0 atom stereocenters. The van der Waals surface area contributed by atoms with Gasteiger partial charge in [0, 0.05) is 58.0 Å². The van der Waals surface area contributed by atoms with Gasteiger partial charge in [0.25, 0.3) is 0 Å². The van der Waals surface area contributed by atoms with E-state index in [-0.39, 0.29) is 27.9 Å². The van der Waals surface area contributed by atoms with Gasteiger partial charge < -0.3 is 0 Å². The number of benzene rings is 6. The molecule has 0 radical (unpaired) electrons. The van der Waals surface area contributed by atoms with Gasteiger partial charge >= 0.3 is 0 Å². The van der Waals surface area contributed by atoms with Crippen molar-refractivity contribution in [3.8, 4) is 0 Å². The molecule has 59 heavy (non-hydrogen) atoms. The second-order valence-corrected chi connectivity index (χ2v) is 15.6. The van der Waals surface area contributed by atoms with Crippen LogP contribution in [0.5, 0.6) is 0 Å². The molecule has 0 spiro atoms. The van der Waals surface area contributed by atoms with Crippen molar-refractivity contribution in [2.45, 2.75) is 20.8 Å². The van der Waals surface area contributed by atoms with Crippen molar-refractivity contribution in [2.24, 2.45) is 0 Å². The molecule has 0 aliphatic carbocycles. The number of halogens is 8. The van der Waals surface area contributed by atoms with Gasteiger partial charge in [0.1, 0.15) is 5.82 Å². The third-order valence-corrected chi connectivity index (χ3v) is 11.1. The molecule has 6 aromatic rings. The van der Waals surface area contributed by atoms with E-state index >= 15 is 0 Å². The molecule has 11 heteroatoms. The largest absolute Gasteiger partial charge is 0.289 e. The first kappa shape index (κ1) is 47.2. The lowest BCUT2D eigenvalue weighted by Crippen LogP contribution is -1.95. The number of ketones is 3. The van der Waals surface area contributed by atoms with E-state index in [0.717, 1.165) is 22.3 Å². The highest BCUT2D eigenvalue weighted by Crippen LogP contribution is 2.27. The van der Waals surface area contributed by atoms with Gasteiger partial charge in [-0.2, -0.15) is 0 Å². The van der Waals surface area contributed by atoms with Crippen molar-refractivity contribution >= 4 is 117 Å². The molecule has 6 rings (SSSR count). The van der Waals surface area contributed by atoms with E-state index in [1.165, 1.54) is 36.4 Å². The molecule has 0 saturated heterocycles. The highest BCUT2D eigenvalue weighted by Gasteiger charge is 2.09. The summed E-state index contributed by atoms with van der Waals surface area (Å²) in [6.45, 7) is 5.54. The van der Waals surface area contributed by atoms with Crippen LogP contribution in [0.1, 0.15) is 64.5 Å². The summed E-state index contributed by atoms with van der Waals surface area (Å²) >= 11 is 41.8. The summed E-state index contributed by atoms with van der Waals surface area (Å²) in [5, 5.41) is 3.80. The van der Waals surface area contributed by atoms with Gasteiger partial charge in [0.05, 0.1) is 5.02 Å². The minimum Gasteiger partial charge on any atom is -0.289 e. The molecule has 300 valence electrons. The fraction of sp³-hybridized carbons (Fsp3) is 0.0625. The monoisotopic (exact) mass is 922 g/mol. The first-order chi connectivity index (χ1) is 28.0. The van der Waals surface area contributed by atoms with Crippen LogP contribution in [0.4, 0.5) is 4.39 Å². The average Bonchev–Trinajstić information content (AvgIpc) is 3.20. The molecule has 0 aromatic heterocycles. The van der Waals surface area contributed by atoms with E-state index < -0.39 is 5.82 Å². The molecule has 0 fully saturated rings. The van der Waals surface area contributed by atoms with Gasteiger partial charge in [0.2, 0.25) is 0 Å². The van der Waals surface area contributed by atoms with Crippen LogP contribution < -0.4 is 0 Å². The molecular weight excluding hydrogens is 892 g/mol. The summed E-state index contributed by atoms with van der Waals surface area (Å²) in [4.78, 5) is 36.1. The predicted molar refractivity (Wildman–Crippen MR) is 248 cm³/mol. The summed E-state index contributed by atoms with van der Waals surface area (Å²) < 4.78 is 13.6. The van der Waals surface area contributed by atoms with Crippen molar-refractivity contribution in [1.82, 2.24) is 0 Å². The normalized spacial score (nSPS) is 11.0. The minimum atomic E-state index is -0.464. The Bertz CT molecular complexity index is 2430. The highest BCUT2D eigenvalue weighted by atomic mass is 35.5. The zero-order valence-electron chi connectivity index (χ0n) is 31.7. The maximum absolute atomic E-state index is 13.6. The van der Waals surface area contributed by atoms with E-state index in [1.807, 2.05) is 39.0 Å². The van der Waals surface area contributed by atoms with E-state index in [4.69, 9.17) is 81.2 Å². The van der Waals surface area contributed by atoms with Crippen molar-refractivity contribution in [2.75, 3.05) is 0 Å². The summed E-state index contributed by atoms with van der Waals surface area (Å²) in [6, 6.07) is 32.3.